The van der Waals surface area contributed by atoms with Crippen molar-refractivity contribution in [3.63, 3.8) is 0 Å². The van der Waals surface area contributed by atoms with E-state index in [1.807, 2.05) is 6.08 Å². The van der Waals surface area contributed by atoms with Crippen LogP contribution in [0.3, 0.4) is 0 Å². The van der Waals surface area contributed by atoms with Crippen LogP contribution in [0.25, 0.3) is 0 Å². The minimum Gasteiger partial charge on any atom is -0.447 e. The van der Waals surface area contributed by atoms with Gasteiger partial charge in [-0.2, -0.15) is 0 Å². The predicted octanol–water partition coefficient (Wildman–Crippen LogP) is 1.54. The number of hydrogen-bond acceptors (Lipinski definition) is 3. The first-order valence-electron chi connectivity index (χ1n) is 4.99. The summed E-state index contributed by atoms with van der Waals surface area (Å²) in [6, 6.07) is 0. The van der Waals surface area contributed by atoms with Gasteiger partial charge in [0.1, 0.15) is 6.61 Å². The molecule has 82 valence electrons. The SMILES string of the molecule is O=C1OCCN1C(=O)[C@@H]1C=C[C@H](Cl)CC1. The molecule has 2 amide bonds. The highest BCUT2D eigenvalue weighted by Gasteiger charge is 2.33. The third-order valence-electron chi connectivity index (χ3n) is 2.65. The second-order valence-corrected chi connectivity index (χ2v) is 4.25. The third-order valence-corrected chi connectivity index (χ3v) is 3.01. The largest absolute Gasteiger partial charge is 0.447 e. The fourth-order valence-electron chi connectivity index (χ4n) is 1.79. The van der Waals surface area contributed by atoms with Crippen LogP contribution in [0.1, 0.15) is 12.8 Å². The summed E-state index contributed by atoms with van der Waals surface area (Å²) in [7, 11) is 0. The lowest BCUT2D eigenvalue weighted by Gasteiger charge is -2.21. The molecule has 1 aliphatic heterocycles. The van der Waals surface area contributed by atoms with Crippen molar-refractivity contribution < 1.29 is 14.3 Å². The molecule has 0 saturated carbocycles. The summed E-state index contributed by atoms with van der Waals surface area (Å²) in [5, 5.41) is 0.0135. The van der Waals surface area contributed by atoms with Gasteiger partial charge in [0, 0.05) is 0 Å². The van der Waals surface area contributed by atoms with Gasteiger partial charge in [-0.15, -0.1) is 11.6 Å². The molecule has 0 aromatic heterocycles. The molecule has 2 rings (SSSR count). The Balaban J connectivity index is 2.02. The number of carbonyl (C=O) groups is 2. The zero-order chi connectivity index (χ0) is 10.8. The molecule has 1 saturated heterocycles. The molecule has 1 aliphatic carbocycles. The predicted molar refractivity (Wildman–Crippen MR) is 54.6 cm³/mol. The van der Waals surface area contributed by atoms with E-state index in [0.717, 1.165) is 6.42 Å². The fourth-order valence-corrected chi connectivity index (χ4v) is 2.00. The maximum Gasteiger partial charge on any atom is 0.416 e. The molecule has 2 atom stereocenters. The van der Waals surface area contributed by atoms with E-state index in [1.54, 1.807) is 6.08 Å². The Morgan fingerprint density at radius 1 is 1.47 bits per heavy atom. The van der Waals surface area contributed by atoms with Gasteiger partial charge < -0.3 is 4.74 Å². The van der Waals surface area contributed by atoms with E-state index in [1.165, 1.54) is 4.90 Å². The van der Waals surface area contributed by atoms with Crippen molar-refractivity contribution in [1.29, 1.82) is 0 Å². The first-order chi connectivity index (χ1) is 7.18. The van der Waals surface area contributed by atoms with Crippen molar-refractivity contribution in [3.05, 3.63) is 12.2 Å². The van der Waals surface area contributed by atoms with E-state index in [9.17, 15) is 9.59 Å². The zero-order valence-corrected chi connectivity index (χ0v) is 8.94. The molecule has 15 heavy (non-hydrogen) atoms. The smallest absolute Gasteiger partial charge is 0.416 e. The lowest BCUT2D eigenvalue weighted by Crippen LogP contribution is -2.37. The lowest BCUT2D eigenvalue weighted by atomic mass is 9.94. The van der Waals surface area contributed by atoms with Crippen molar-refractivity contribution in [2.45, 2.75) is 18.2 Å². The Kier molecular flexibility index (Phi) is 2.95. The summed E-state index contributed by atoms with van der Waals surface area (Å²) in [5.74, 6) is -0.386. The second-order valence-electron chi connectivity index (χ2n) is 3.69. The molecule has 0 aromatic carbocycles. The van der Waals surface area contributed by atoms with Gasteiger partial charge in [-0.1, -0.05) is 12.2 Å². The Morgan fingerprint density at radius 3 is 2.80 bits per heavy atom. The van der Waals surface area contributed by atoms with Gasteiger partial charge >= 0.3 is 6.09 Å². The normalized spacial score (nSPS) is 30.5. The molecule has 0 spiro atoms. The summed E-state index contributed by atoms with van der Waals surface area (Å²) in [4.78, 5) is 24.2. The Bertz CT molecular complexity index is 316. The molecule has 0 aromatic rings. The van der Waals surface area contributed by atoms with Crippen LogP contribution in [0.2, 0.25) is 0 Å². The van der Waals surface area contributed by atoms with Crippen molar-refractivity contribution in [2.24, 2.45) is 5.92 Å². The molecule has 4 nitrogen and oxygen atoms in total. The van der Waals surface area contributed by atoms with Crippen LogP contribution in [-0.4, -0.2) is 35.4 Å². The van der Waals surface area contributed by atoms with E-state index < -0.39 is 6.09 Å². The zero-order valence-electron chi connectivity index (χ0n) is 8.19. The van der Waals surface area contributed by atoms with Crippen molar-refractivity contribution in [2.75, 3.05) is 13.2 Å². The monoisotopic (exact) mass is 229 g/mol. The number of halogens is 1. The first-order valence-corrected chi connectivity index (χ1v) is 5.42. The van der Waals surface area contributed by atoms with Gasteiger partial charge in [0.2, 0.25) is 5.91 Å². The molecule has 0 bridgehead atoms. The van der Waals surface area contributed by atoms with Crippen molar-refractivity contribution >= 4 is 23.6 Å². The molecule has 0 unspecified atom stereocenters. The van der Waals surface area contributed by atoms with Crippen LogP contribution >= 0.6 is 11.6 Å². The van der Waals surface area contributed by atoms with Crippen LogP contribution < -0.4 is 0 Å². The summed E-state index contributed by atoms with van der Waals surface area (Å²) >= 11 is 5.87. The quantitative estimate of drug-likeness (QED) is 0.506. The van der Waals surface area contributed by atoms with E-state index >= 15 is 0 Å². The third kappa shape index (κ3) is 2.15. The van der Waals surface area contributed by atoms with Crippen LogP contribution in [0.15, 0.2) is 12.2 Å². The minimum absolute atomic E-state index is 0.0135. The van der Waals surface area contributed by atoms with E-state index in [4.69, 9.17) is 16.3 Å². The van der Waals surface area contributed by atoms with Crippen LogP contribution in [0, 0.1) is 5.92 Å². The van der Waals surface area contributed by atoms with Gasteiger partial charge in [0.15, 0.2) is 0 Å². The number of amides is 2. The van der Waals surface area contributed by atoms with Crippen LogP contribution in [0.5, 0.6) is 0 Å². The number of alkyl halides is 1. The van der Waals surface area contributed by atoms with E-state index in [-0.39, 0.29) is 17.2 Å². The van der Waals surface area contributed by atoms with Crippen molar-refractivity contribution in [3.8, 4) is 0 Å². The Morgan fingerprint density at radius 2 is 2.27 bits per heavy atom. The number of nitrogens with zero attached hydrogens (tertiary/aromatic N) is 1. The van der Waals surface area contributed by atoms with Crippen LogP contribution in [-0.2, 0) is 9.53 Å². The van der Waals surface area contributed by atoms with Gasteiger partial charge in [0.05, 0.1) is 17.8 Å². The summed E-state index contributed by atoms with van der Waals surface area (Å²) < 4.78 is 4.71. The fraction of sp³-hybridized carbons (Fsp3) is 0.600. The number of carbonyl (C=O) groups excluding carboxylic acids is 2. The summed E-state index contributed by atoms with van der Waals surface area (Å²) in [6.07, 6.45) is 4.55. The van der Waals surface area contributed by atoms with E-state index in [0.29, 0.717) is 19.6 Å². The molecule has 2 aliphatic rings. The van der Waals surface area contributed by atoms with Crippen LogP contribution in [0.4, 0.5) is 4.79 Å². The van der Waals surface area contributed by atoms with Gasteiger partial charge in [-0.3, -0.25) is 4.79 Å². The van der Waals surface area contributed by atoms with Gasteiger partial charge in [-0.25, -0.2) is 9.69 Å². The number of rotatable bonds is 1. The highest BCUT2D eigenvalue weighted by Crippen LogP contribution is 2.23. The molecule has 1 heterocycles. The van der Waals surface area contributed by atoms with Gasteiger partial charge in [-0.05, 0) is 12.8 Å². The molecular weight excluding hydrogens is 218 g/mol. The molecular formula is C10H12ClNO3. The minimum atomic E-state index is -0.526. The standard InChI is InChI=1S/C10H12ClNO3/c11-8-3-1-7(2-4-8)9(13)12-5-6-15-10(12)14/h1,3,7-8H,2,4-6H2/t7-,8+/m1/s1. The summed E-state index contributed by atoms with van der Waals surface area (Å²) in [6.45, 7) is 0.672. The van der Waals surface area contributed by atoms with E-state index in [2.05, 4.69) is 0 Å². The molecule has 0 radical (unpaired) electrons. The van der Waals surface area contributed by atoms with Gasteiger partial charge in [0.25, 0.3) is 0 Å². The number of hydrogen-bond donors (Lipinski definition) is 0. The molecule has 1 fully saturated rings. The first kappa shape index (κ1) is 10.5. The maximum atomic E-state index is 11.8. The maximum absolute atomic E-state index is 11.8. The molecule has 5 heteroatoms. The highest BCUT2D eigenvalue weighted by atomic mass is 35.5. The topological polar surface area (TPSA) is 46.6 Å². The lowest BCUT2D eigenvalue weighted by molar-refractivity contribution is -0.130. The highest BCUT2D eigenvalue weighted by molar-refractivity contribution is 6.21. The average molecular weight is 230 g/mol. The Labute approximate surface area is 92.8 Å². The Hall–Kier alpha value is -1.03. The average Bonchev–Trinajstić information content (AvgIpc) is 2.65. The number of cyclic esters (lactones) is 1. The summed E-state index contributed by atoms with van der Waals surface area (Å²) in [5.41, 5.74) is 0. The second kappa shape index (κ2) is 4.23. The number of ether oxygens (including phenoxy) is 1. The molecule has 0 N–H and O–H groups in total. The van der Waals surface area contributed by atoms with Crippen molar-refractivity contribution in [1.82, 2.24) is 4.90 Å². The number of imide groups is 1. The number of allylic oxidation sites excluding steroid dienone is 1.